The summed E-state index contributed by atoms with van der Waals surface area (Å²) in [4.78, 5) is 25.3. The van der Waals surface area contributed by atoms with Crippen LogP contribution in [0.2, 0.25) is 0 Å². The maximum absolute atomic E-state index is 12.8. The van der Waals surface area contributed by atoms with Gasteiger partial charge in [0.2, 0.25) is 5.91 Å². The van der Waals surface area contributed by atoms with Gasteiger partial charge < -0.3 is 11.1 Å². The normalized spacial score (nSPS) is 19.7. The number of benzene rings is 1. The lowest BCUT2D eigenvalue weighted by molar-refractivity contribution is -0.117. The van der Waals surface area contributed by atoms with Gasteiger partial charge in [-0.3, -0.25) is 14.3 Å². The van der Waals surface area contributed by atoms with Crippen LogP contribution in [-0.4, -0.2) is 21.3 Å². The molecule has 1 heterocycles. The van der Waals surface area contributed by atoms with Gasteiger partial charge in [0.15, 0.2) is 0 Å². The first-order valence-corrected chi connectivity index (χ1v) is 8.88. The fourth-order valence-electron chi connectivity index (χ4n) is 3.63. The Morgan fingerprint density at radius 2 is 1.88 bits per heavy atom. The molecule has 0 aliphatic heterocycles. The van der Waals surface area contributed by atoms with Crippen molar-refractivity contribution in [3.05, 3.63) is 46.4 Å². The predicted molar refractivity (Wildman–Crippen MR) is 106 cm³/mol. The molecule has 1 amide bonds. The van der Waals surface area contributed by atoms with Gasteiger partial charge in [-0.1, -0.05) is 31.0 Å². The Kier molecular flexibility index (Phi) is 6.67. The zero-order valence-electron chi connectivity index (χ0n) is 15.3. The Balaban J connectivity index is 0.00000243. The molecule has 26 heavy (non-hydrogen) atoms. The second kappa shape index (κ2) is 8.56. The lowest BCUT2D eigenvalue weighted by Crippen LogP contribution is -2.35. The third kappa shape index (κ3) is 4.02. The van der Waals surface area contributed by atoms with E-state index in [0.717, 1.165) is 37.1 Å². The van der Waals surface area contributed by atoms with Gasteiger partial charge in [-0.2, -0.15) is 0 Å². The van der Waals surface area contributed by atoms with Crippen molar-refractivity contribution in [1.82, 2.24) is 9.36 Å². The smallest absolute Gasteiger partial charge is 0.295 e. The second-order valence-corrected chi connectivity index (χ2v) is 6.90. The number of amides is 1. The maximum Gasteiger partial charge on any atom is 0.295 e. The predicted octanol–water partition coefficient (Wildman–Crippen LogP) is 2.75. The second-order valence-electron chi connectivity index (χ2n) is 6.90. The average Bonchev–Trinajstić information content (AvgIpc) is 2.81. The number of nitrogens with zero attached hydrogens (tertiary/aromatic N) is 2. The number of halogens is 1. The Morgan fingerprint density at radius 1 is 1.23 bits per heavy atom. The fraction of sp³-hybridized carbons (Fsp3) is 0.474. The van der Waals surface area contributed by atoms with Gasteiger partial charge in [-0.15, -0.1) is 12.4 Å². The van der Waals surface area contributed by atoms with E-state index >= 15 is 0 Å². The largest absolute Gasteiger partial charge is 0.327 e. The molecule has 1 aliphatic rings. The molecular formula is C19H27ClN4O2. The SMILES string of the molecule is Cc1c(NC(=O)CC2CCCCC2N)c(=O)n(-c2ccccc2)n1C.Cl. The minimum Gasteiger partial charge on any atom is -0.327 e. The van der Waals surface area contributed by atoms with Gasteiger partial charge in [-0.05, 0) is 37.8 Å². The van der Waals surface area contributed by atoms with E-state index in [4.69, 9.17) is 5.73 Å². The van der Waals surface area contributed by atoms with E-state index in [1.807, 2.05) is 44.3 Å². The molecule has 7 heteroatoms. The van der Waals surface area contributed by atoms with Gasteiger partial charge in [0, 0.05) is 19.5 Å². The molecule has 142 valence electrons. The lowest BCUT2D eigenvalue weighted by Gasteiger charge is -2.27. The van der Waals surface area contributed by atoms with E-state index < -0.39 is 0 Å². The highest BCUT2D eigenvalue weighted by Gasteiger charge is 2.25. The Hall–Kier alpha value is -2.05. The van der Waals surface area contributed by atoms with Crippen LogP contribution in [0.5, 0.6) is 0 Å². The Morgan fingerprint density at radius 3 is 2.54 bits per heavy atom. The summed E-state index contributed by atoms with van der Waals surface area (Å²) >= 11 is 0. The van der Waals surface area contributed by atoms with Crippen LogP contribution in [0.3, 0.4) is 0 Å². The monoisotopic (exact) mass is 378 g/mol. The van der Waals surface area contributed by atoms with E-state index in [2.05, 4.69) is 5.32 Å². The topological polar surface area (TPSA) is 82.1 Å². The van der Waals surface area contributed by atoms with Crippen molar-refractivity contribution in [2.24, 2.45) is 18.7 Å². The molecule has 0 bridgehead atoms. The third-order valence-corrected chi connectivity index (χ3v) is 5.23. The number of anilines is 1. The van der Waals surface area contributed by atoms with Crippen LogP contribution in [0, 0.1) is 12.8 Å². The molecule has 1 aliphatic carbocycles. The van der Waals surface area contributed by atoms with Gasteiger partial charge in [-0.25, -0.2) is 4.68 Å². The van der Waals surface area contributed by atoms with Gasteiger partial charge in [0.1, 0.15) is 5.69 Å². The number of aromatic nitrogens is 2. The van der Waals surface area contributed by atoms with Crippen molar-refractivity contribution >= 4 is 24.0 Å². The van der Waals surface area contributed by atoms with E-state index in [9.17, 15) is 9.59 Å². The molecule has 3 N–H and O–H groups in total. The number of hydrogen-bond donors (Lipinski definition) is 2. The molecule has 2 unspecified atom stereocenters. The molecule has 1 aromatic carbocycles. The average molecular weight is 379 g/mol. The highest BCUT2D eigenvalue weighted by molar-refractivity contribution is 5.91. The van der Waals surface area contributed by atoms with Crippen LogP contribution < -0.4 is 16.6 Å². The van der Waals surface area contributed by atoms with E-state index in [1.54, 1.807) is 9.36 Å². The van der Waals surface area contributed by atoms with Crippen LogP contribution in [0.4, 0.5) is 5.69 Å². The zero-order valence-corrected chi connectivity index (χ0v) is 16.1. The molecule has 0 saturated heterocycles. The van der Waals surface area contributed by atoms with Crippen molar-refractivity contribution in [1.29, 1.82) is 0 Å². The molecule has 0 spiro atoms. The lowest BCUT2D eigenvalue weighted by atomic mass is 9.83. The van der Waals surface area contributed by atoms with Gasteiger partial charge >= 0.3 is 0 Å². The number of rotatable bonds is 4. The summed E-state index contributed by atoms with van der Waals surface area (Å²) < 4.78 is 3.33. The summed E-state index contributed by atoms with van der Waals surface area (Å²) in [6.07, 6.45) is 4.59. The summed E-state index contributed by atoms with van der Waals surface area (Å²) in [6, 6.07) is 9.48. The summed E-state index contributed by atoms with van der Waals surface area (Å²) in [5.41, 5.74) is 7.77. The Labute approximate surface area is 159 Å². The van der Waals surface area contributed by atoms with Crippen molar-refractivity contribution in [3.63, 3.8) is 0 Å². The van der Waals surface area contributed by atoms with Crippen molar-refractivity contribution in [2.75, 3.05) is 5.32 Å². The molecule has 2 atom stereocenters. The fourth-order valence-corrected chi connectivity index (χ4v) is 3.63. The first-order chi connectivity index (χ1) is 12.0. The first-order valence-electron chi connectivity index (χ1n) is 8.88. The zero-order chi connectivity index (χ0) is 18.0. The summed E-state index contributed by atoms with van der Waals surface area (Å²) in [5.74, 6) is 0.0717. The number of nitrogens with one attached hydrogen (secondary N) is 1. The molecule has 3 rings (SSSR count). The summed E-state index contributed by atoms with van der Waals surface area (Å²) in [7, 11) is 1.82. The quantitative estimate of drug-likeness (QED) is 0.858. The van der Waals surface area contributed by atoms with Gasteiger partial charge in [0.25, 0.3) is 5.56 Å². The number of nitrogens with two attached hydrogens (primary N) is 1. The minimum absolute atomic E-state index is 0. The van der Waals surface area contributed by atoms with Crippen molar-refractivity contribution in [2.45, 2.75) is 45.1 Å². The van der Waals surface area contributed by atoms with E-state index in [-0.39, 0.29) is 35.8 Å². The first kappa shape index (κ1) is 20.3. The number of carbonyl (C=O) groups excluding carboxylic acids is 1. The summed E-state index contributed by atoms with van der Waals surface area (Å²) in [6.45, 7) is 1.84. The number of hydrogen-bond acceptors (Lipinski definition) is 3. The van der Waals surface area contributed by atoms with E-state index in [0.29, 0.717) is 12.1 Å². The molecule has 1 aromatic heterocycles. The van der Waals surface area contributed by atoms with Crippen molar-refractivity contribution in [3.8, 4) is 5.69 Å². The Bertz CT molecular complexity index is 813. The maximum atomic E-state index is 12.8. The minimum atomic E-state index is -0.215. The van der Waals surface area contributed by atoms with Crippen LogP contribution >= 0.6 is 12.4 Å². The highest BCUT2D eigenvalue weighted by Crippen LogP contribution is 2.26. The van der Waals surface area contributed by atoms with Crippen molar-refractivity contribution < 1.29 is 4.79 Å². The third-order valence-electron chi connectivity index (χ3n) is 5.23. The van der Waals surface area contributed by atoms with E-state index in [1.165, 1.54) is 0 Å². The van der Waals surface area contributed by atoms with Crippen LogP contribution in [0.25, 0.3) is 5.69 Å². The molecule has 6 nitrogen and oxygen atoms in total. The summed E-state index contributed by atoms with van der Waals surface area (Å²) in [5, 5.41) is 2.83. The number of carbonyl (C=O) groups is 1. The highest BCUT2D eigenvalue weighted by atomic mass is 35.5. The van der Waals surface area contributed by atoms with Gasteiger partial charge in [0.05, 0.1) is 11.4 Å². The van der Waals surface area contributed by atoms with Crippen LogP contribution in [-0.2, 0) is 11.8 Å². The molecular weight excluding hydrogens is 352 g/mol. The standard InChI is InChI=1S/C19H26N4O2.ClH/c1-13-18(21-17(24)12-14-8-6-7-11-16(14)20)19(25)23(22(13)2)15-9-4-3-5-10-15;/h3-5,9-10,14,16H,6-8,11-12,20H2,1-2H3,(H,21,24);1H. The molecule has 2 aromatic rings. The van der Waals surface area contributed by atoms with Crippen LogP contribution in [0.1, 0.15) is 37.8 Å². The van der Waals surface area contributed by atoms with Crippen LogP contribution in [0.15, 0.2) is 35.1 Å². The molecule has 1 fully saturated rings. The number of para-hydroxylation sites is 1. The molecule has 0 radical (unpaired) electrons. The molecule has 1 saturated carbocycles.